The Morgan fingerprint density at radius 3 is 2.60 bits per heavy atom. The normalized spacial score (nSPS) is 11.2. The van der Waals surface area contributed by atoms with Crippen LogP contribution >= 0.6 is 11.6 Å². The standard InChI is InChI=1S/C19H22ClFN2O2/c1-19(2,16-9-8-14(21)12-17(16)20)23-13-18(24)22-10-11-25-15-6-4-3-5-7-15/h3-9,12,23H,10-11,13H2,1-2H3,(H,22,24). The van der Waals surface area contributed by atoms with Crippen LogP contribution < -0.4 is 15.4 Å². The van der Waals surface area contributed by atoms with E-state index < -0.39 is 5.54 Å². The van der Waals surface area contributed by atoms with Gasteiger partial charge in [0.25, 0.3) is 0 Å². The SMILES string of the molecule is CC(C)(NCC(=O)NCCOc1ccccc1)c1ccc(F)cc1Cl. The van der Waals surface area contributed by atoms with Gasteiger partial charge < -0.3 is 10.1 Å². The number of hydrogen-bond acceptors (Lipinski definition) is 3. The van der Waals surface area contributed by atoms with E-state index in [1.165, 1.54) is 12.1 Å². The van der Waals surface area contributed by atoms with E-state index in [1.54, 1.807) is 6.07 Å². The number of nitrogens with one attached hydrogen (secondary N) is 2. The van der Waals surface area contributed by atoms with Crippen LogP contribution in [0.2, 0.25) is 5.02 Å². The van der Waals surface area contributed by atoms with Crippen LogP contribution in [-0.4, -0.2) is 25.6 Å². The summed E-state index contributed by atoms with van der Waals surface area (Å²) in [5.74, 6) is 0.227. The van der Waals surface area contributed by atoms with Crippen LogP contribution in [0.15, 0.2) is 48.5 Å². The second-order valence-corrected chi connectivity index (χ2v) is 6.52. The molecule has 2 rings (SSSR count). The Labute approximate surface area is 152 Å². The third-order valence-electron chi connectivity index (χ3n) is 3.73. The van der Waals surface area contributed by atoms with E-state index in [-0.39, 0.29) is 18.3 Å². The maximum Gasteiger partial charge on any atom is 0.234 e. The molecule has 2 aromatic rings. The Morgan fingerprint density at radius 2 is 1.92 bits per heavy atom. The quantitative estimate of drug-likeness (QED) is 0.705. The molecule has 0 saturated carbocycles. The fraction of sp³-hybridized carbons (Fsp3) is 0.316. The number of halogens is 2. The lowest BCUT2D eigenvalue weighted by Crippen LogP contribution is -2.44. The van der Waals surface area contributed by atoms with Crippen LogP contribution in [0.5, 0.6) is 5.75 Å². The number of carbonyl (C=O) groups is 1. The molecule has 6 heteroatoms. The maximum absolute atomic E-state index is 13.2. The van der Waals surface area contributed by atoms with Crippen molar-refractivity contribution >= 4 is 17.5 Å². The van der Waals surface area contributed by atoms with Crippen molar-refractivity contribution in [2.45, 2.75) is 19.4 Å². The van der Waals surface area contributed by atoms with Gasteiger partial charge in [-0.3, -0.25) is 10.1 Å². The van der Waals surface area contributed by atoms with E-state index in [4.69, 9.17) is 16.3 Å². The lowest BCUT2D eigenvalue weighted by Gasteiger charge is -2.27. The average Bonchev–Trinajstić information content (AvgIpc) is 2.57. The first-order valence-corrected chi connectivity index (χ1v) is 8.41. The molecule has 0 heterocycles. The Bertz CT molecular complexity index is 708. The second-order valence-electron chi connectivity index (χ2n) is 6.11. The van der Waals surface area contributed by atoms with E-state index >= 15 is 0 Å². The summed E-state index contributed by atoms with van der Waals surface area (Å²) in [5, 5.41) is 6.24. The van der Waals surface area contributed by atoms with Crippen molar-refractivity contribution in [3.05, 3.63) is 64.9 Å². The number of benzene rings is 2. The largest absolute Gasteiger partial charge is 0.492 e. The predicted octanol–water partition coefficient (Wildman–Crippen LogP) is 3.50. The third-order valence-corrected chi connectivity index (χ3v) is 4.04. The minimum atomic E-state index is -0.567. The van der Waals surface area contributed by atoms with E-state index in [0.29, 0.717) is 18.2 Å². The van der Waals surface area contributed by atoms with E-state index in [1.807, 2.05) is 44.2 Å². The van der Waals surface area contributed by atoms with Crippen molar-refractivity contribution in [1.29, 1.82) is 0 Å². The van der Waals surface area contributed by atoms with Gasteiger partial charge in [-0.05, 0) is 43.7 Å². The fourth-order valence-electron chi connectivity index (χ4n) is 2.33. The molecule has 2 N–H and O–H groups in total. The van der Waals surface area contributed by atoms with Crippen LogP contribution in [-0.2, 0) is 10.3 Å². The highest BCUT2D eigenvalue weighted by Crippen LogP contribution is 2.28. The summed E-state index contributed by atoms with van der Waals surface area (Å²) in [4.78, 5) is 11.9. The van der Waals surface area contributed by atoms with E-state index in [0.717, 1.165) is 11.3 Å². The molecule has 4 nitrogen and oxygen atoms in total. The van der Waals surface area contributed by atoms with Crippen molar-refractivity contribution < 1.29 is 13.9 Å². The van der Waals surface area contributed by atoms with Crippen LogP contribution in [0.1, 0.15) is 19.4 Å². The third kappa shape index (κ3) is 6.03. The van der Waals surface area contributed by atoms with Gasteiger partial charge in [-0.1, -0.05) is 35.9 Å². The number of carbonyl (C=O) groups excluding carboxylic acids is 1. The topological polar surface area (TPSA) is 50.4 Å². The van der Waals surface area contributed by atoms with Crippen LogP contribution in [0.25, 0.3) is 0 Å². The minimum Gasteiger partial charge on any atom is -0.492 e. The zero-order valence-corrected chi connectivity index (χ0v) is 15.1. The molecule has 0 atom stereocenters. The summed E-state index contributed by atoms with van der Waals surface area (Å²) in [5.41, 5.74) is 0.165. The molecule has 0 aliphatic rings. The van der Waals surface area contributed by atoms with Crippen LogP contribution in [0.4, 0.5) is 4.39 Å². The molecule has 0 aromatic heterocycles. The Hall–Kier alpha value is -2.11. The summed E-state index contributed by atoms with van der Waals surface area (Å²) >= 11 is 6.09. The molecule has 0 aliphatic carbocycles. The number of hydrogen-bond donors (Lipinski definition) is 2. The van der Waals surface area contributed by atoms with Gasteiger partial charge in [0.15, 0.2) is 0 Å². The van der Waals surface area contributed by atoms with Crippen molar-refractivity contribution in [3.8, 4) is 5.75 Å². The van der Waals surface area contributed by atoms with E-state index in [9.17, 15) is 9.18 Å². The summed E-state index contributed by atoms with van der Waals surface area (Å²) < 4.78 is 18.7. The van der Waals surface area contributed by atoms with Gasteiger partial charge in [0.2, 0.25) is 5.91 Å². The molecule has 0 radical (unpaired) electrons. The zero-order chi connectivity index (χ0) is 18.3. The Balaban J connectivity index is 1.75. The lowest BCUT2D eigenvalue weighted by molar-refractivity contribution is -0.120. The number of para-hydroxylation sites is 1. The number of amides is 1. The smallest absolute Gasteiger partial charge is 0.234 e. The van der Waals surface area contributed by atoms with Gasteiger partial charge in [-0.15, -0.1) is 0 Å². The van der Waals surface area contributed by atoms with Crippen molar-refractivity contribution in [1.82, 2.24) is 10.6 Å². The van der Waals surface area contributed by atoms with Gasteiger partial charge in [0, 0.05) is 10.6 Å². The lowest BCUT2D eigenvalue weighted by atomic mass is 9.94. The molecule has 0 fully saturated rings. The van der Waals surface area contributed by atoms with Crippen molar-refractivity contribution in [3.63, 3.8) is 0 Å². The molecular formula is C19H22ClFN2O2. The zero-order valence-electron chi connectivity index (χ0n) is 14.3. The van der Waals surface area contributed by atoms with E-state index in [2.05, 4.69) is 10.6 Å². The average molecular weight is 365 g/mol. The highest BCUT2D eigenvalue weighted by molar-refractivity contribution is 6.31. The van der Waals surface area contributed by atoms with Gasteiger partial charge in [0.05, 0.1) is 13.1 Å². The highest BCUT2D eigenvalue weighted by Gasteiger charge is 2.23. The molecule has 1 amide bonds. The Kier molecular flexibility index (Phi) is 6.79. The first-order valence-electron chi connectivity index (χ1n) is 8.03. The molecule has 0 unspecified atom stereocenters. The van der Waals surface area contributed by atoms with Crippen molar-refractivity contribution in [2.75, 3.05) is 19.7 Å². The molecule has 0 spiro atoms. The van der Waals surface area contributed by atoms with Gasteiger partial charge in [0.1, 0.15) is 18.2 Å². The summed E-state index contributed by atoms with van der Waals surface area (Å²) in [7, 11) is 0. The van der Waals surface area contributed by atoms with Gasteiger partial charge >= 0.3 is 0 Å². The number of ether oxygens (including phenoxy) is 1. The predicted molar refractivity (Wildman–Crippen MR) is 97.4 cm³/mol. The summed E-state index contributed by atoms with van der Waals surface area (Å²) in [6, 6.07) is 13.6. The first kappa shape index (κ1) is 19.2. The fourth-order valence-corrected chi connectivity index (χ4v) is 2.73. The summed E-state index contributed by atoms with van der Waals surface area (Å²) in [6.45, 7) is 4.69. The first-order chi connectivity index (χ1) is 11.9. The van der Waals surface area contributed by atoms with Gasteiger partial charge in [-0.25, -0.2) is 4.39 Å². The van der Waals surface area contributed by atoms with Crippen LogP contribution in [0, 0.1) is 5.82 Å². The second kappa shape index (κ2) is 8.83. The minimum absolute atomic E-state index is 0.117. The molecule has 0 saturated heterocycles. The molecule has 2 aromatic carbocycles. The molecule has 25 heavy (non-hydrogen) atoms. The molecule has 0 bridgehead atoms. The molecule has 134 valence electrons. The van der Waals surface area contributed by atoms with Crippen molar-refractivity contribution in [2.24, 2.45) is 0 Å². The number of rotatable bonds is 8. The maximum atomic E-state index is 13.2. The summed E-state index contributed by atoms with van der Waals surface area (Å²) in [6.07, 6.45) is 0. The van der Waals surface area contributed by atoms with Gasteiger partial charge in [-0.2, -0.15) is 0 Å². The highest BCUT2D eigenvalue weighted by atomic mass is 35.5. The molecular weight excluding hydrogens is 343 g/mol. The molecule has 0 aliphatic heterocycles. The Morgan fingerprint density at radius 1 is 1.20 bits per heavy atom. The van der Waals surface area contributed by atoms with Crippen LogP contribution in [0.3, 0.4) is 0 Å². The monoisotopic (exact) mass is 364 g/mol.